The van der Waals surface area contributed by atoms with Crippen molar-refractivity contribution < 1.29 is 4.74 Å². The van der Waals surface area contributed by atoms with Gasteiger partial charge in [-0.15, -0.1) is 0 Å². The zero-order valence-electron chi connectivity index (χ0n) is 16.5. The number of hydrogen-bond acceptors (Lipinski definition) is 4. The zero-order chi connectivity index (χ0) is 19.4. The van der Waals surface area contributed by atoms with Gasteiger partial charge >= 0.3 is 0 Å². The van der Waals surface area contributed by atoms with Crippen LogP contribution in [0.4, 0.5) is 5.82 Å². The second-order valence-electron chi connectivity index (χ2n) is 6.96. The Kier molecular flexibility index (Phi) is 6.07. The Bertz CT molecular complexity index is 937. The summed E-state index contributed by atoms with van der Waals surface area (Å²) >= 11 is 1.57. The summed E-state index contributed by atoms with van der Waals surface area (Å²) in [5.41, 5.74) is 5.89. The molecule has 0 spiro atoms. The Hall–Kier alpha value is -2.46. The fourth-order valence-corrected chi connectivity index (χ4v) is 3.72. The first kappa shape index (κ1) is 19.3. The maximum absolute atomic E-state index is 5.61. The lowest BCUT2D eigenvalue weighted by atomic mass is 9.94. The van der Waals surface area contributed by atoms with E-state index in [1.807, 2.05) is 25.1 Å². The normalized spacial score (nSPS) is 10.9. The Balaban J connectivity index is 1.85. The summed E-state index contributed by atoms with van der Waals surface area (Å²) in [6.45, 7) is 8.56. The van der Waals surface area contributed by atoms with Crippen molar-refractivity contribution in [1.29, 1.82) is 0 Å². The van der Waals surface area contributed by atoms with E-state index in [1.54, 1.807) is 19.1 Å². The van der Waals surface area contributed by atoms with Crippen LogP contribution in [-0.2, 0) is 0 Å². The Morgan fingerprint density at radius 3 is 2.44 bits per heavy atom. The van der Waals surface area contributed by atoms with E-state index < -0.39 is 0 Å². The Labute approximate surface area is 166 Å². The summed E-state index contributed by atoms with van der Waals surface area (Å²) in [7, 11) is 1.73. The minimum absolute atomic E-state index is 0.482. The summed E-state index contributed by atoms with van der Waals surface area (Å²) in [6, 6.07) is 18.9. The molecule has 0 atom stereocenters. The summed E-state index contributed by atoms with van der Waals surface area (Å²) < 4.78 is 8.93. The highest BCUT2D eigenvalue weighted by molar-refractivity contribution is 8.00. The second kappa shape index (κ2) is 8.49. The van der Waals surface area contributed by atoms with Crippen LogP contribution in [0.5, 0.6) is 5.75 Å². The molecule has 0 aliphatic carbocycles. The topological polar surface area (TPSA) is 34.1 Å². The molecule has 1 heterocycles. The lowest BCUT2D eigenvalue weighted by molar-refractivity contribution is 0.416. The van der Waals surface area contributed by atoms with Crippen molar-refractivity contribution in [2.75, 3.05) is 11.8 Å². The fraction of sp³-hybridized carbons (Fsp3) is 0.261. The van der Waals surface area contributed by atoms with Crippen LogP contribution in [0.25, 0.3) is 11.1 Å². The molecule has 3 rings (SSSR count). The molecule has 0 bridgehead atoms. The number of rotatable bonds is 6. The van der Waals surface area contributed by atoms with Crippen LogP contribution in [0.15, 0.2) is 59.5 Å². The number of aryl methyl sites for hydroxylation is 2. The molecule has 0 radical (unpaired) electrons. The lowest BCUT2D eigenvalue weighted by Crippen LogP contribution is -1.95. The first-order chi connectivity index (χ1) is 13.0. The first-order valence-electron chi connectivity index (χ1n) is 9.13. The Morgan fingerprint density at radius 1 is 0.963 bits per heavy atom. The number of ether oxygens (including phenoxy) is 1. The van der Waals surface area contributed by atoms with Crippen molar-refractivity contribution in [2.24, 2.45) is 0 Å². The van der Waals surface area contributed by atoms with Crippen LogP contribution in [0, 0.1) is 13.8 Å². The maximum atomic E-state index is 5.61. The summed E-state index contributed by atoms with van der Waals surface area (Å²) in [4.78, 5) is 5.63. The van der Waals surface area contributed by atoms with Gasteiger partial charge in [-0.2, -0.15) is 0 Å². The number of pyridine rings is 1. The highest BCUT2D eigenvalue weighted by Crippen LogP contribution is 2.36. The number of aromatic nitrogens is 1. The van der Waals surface area contributed by atoms with Gasteiger partial charge in [-0.05, 0) is 84.8 Å². The number of benzene rings is 2. The molecule has 0 amide bonds. The van der Waals surface area contributed by atoms with Crippen molar-refractivity contribution in [3.63, 3.8) is 0 Å². The molecule has 2 aromatic carbocycles. The molecular weight excluding hydrogens is 352 g/mol. The number of methoxy groups -OCH3 is 1. The molecular formula is C23H26N2OS. The number of anilines is 1. The first-order valence-corrected chi connectivity index (χ1v) is 9.95. The van der Waals surface area contributed by atoms with E-state index in [0.29, 0.717) is 5.92 Å². The second-order valence-corrected chi connectivity index (χ2v) is 7.84. The molecule has 0 aliphatic rings. The van der Waals surface area contributed by atoms with Crippen molar-refractivity contribution in [1.82, 2.24) is 4.98 Å². The summed E-state index contributed by atoms with van der Waals surface area (Å²) in [6.07, 6.45) is 0. The third-order valence-corrected chi connectivity index (χ3v) is 5.34. The number of nitrogens with one attached hydrogen (secondary N) is 1. The molecule has 0 saturated heterocycles. The lowest BCUT2D eigenvalue weighted by Gasteiger charge is -2.15. The van der Waals surface area contributed by atoms with Crippen molar-refractivity contribution >= 4 is 17.8 Å². The van der Waals surface area contributed by atoms with E-state index in [0.717, 1.165) is 27.7 Å². The minimum atomic E-state index is 0.482. The van der Waals surface area contributed by atoms with Crippen LogP contribution >= 0.6 is 11.9 Å². The van der Waals surface area contributed by atoms with Gasteiger partial charge in [0.15, 0.2) is 0 Å². The molecule has 1 aromatic heterocycles. The molecule has 0 unspecified atom stereocenters. The molecule has 27 heavy (non-hydrogen) atoms. The number of hydrogen-bond donors (Lipinski definition) is 1. The highest BCUT2D eigenvalue weighted by atomic mass is 32.2. The fourth-order valence-electron chi connectivity index (χ4n) is 3.01. The minimum Gasteiger partial charge on any atom is -0.496 e. The van der Waals surface area contributed by atoms with Crippen LogP contribution in [0.2, 0.25) is 0 Å². The van der Waals surface area contributed by atoms with E-state index in [9.17, 15) is 0 Å². The third kappa shape index (κ3) is 4.64. The SMILES string of the molecule is COc1ccc(C(C)C)cc1-c1ccc(SNc2cccc(C)n2)cc1C. The molecule has 0 fully saturated rings. The largest absolute Gasteiger partial charge is 0.496 e. The summed E-state index contributed by atoms with van der Waals surface area (Å²) in [5.74, 6) is 2.26. The predicted octanol–water partition coefficient (Wildman–Crippen LogP) is 6.62. The Morgan fingerprint density at radius 2 is 1.78 bits per heavy atom. The van der Waals surface area contributed by atoms with Gasteiger partial charge in [-0.3, -0.25) is 0 Å². The van der Waals surface area contributed by atoms with Gasteiger partial charge in [0, 0.05) is 16.2 Å². The molecule has 4 heteroatoms. The monoisotopic (exact) mass is 378 g/mol. The predicted molar refractivity (Wildman–Crippen MR) is 116 cm³/mol. The van der Waals surface area contributed by atoms with Gasteiger partial charge in [0.2, 0.25) is 0 Å². The van der Waals surface area contributed by atoms with Crippen LogP contribution in [0.3, 0.4) is 0 Å². The van der Waals surface area contributed by atoms with Gasteiger partial charge in [-0.25, -0.2) is 4.98 Å². The maximum Gasteiger partial charge on any atom is 0.136 e. The quantitative estimate of drug-likeness (QED) is 0.489. The van der Waals surface area contributed by atoms with Gasteiger partial charge in [0.1, 0.15) is 11.6 Å². The molecule has 3 aromatic rings. The van der Waals surface area contributed by atoms with Crippen LogP contribution in [0.1, 0.15) is 36.6 Å². The van der Waals surface area contributed by atoms with E-state index in [2.05, 4.69) is 66.9 Å². The average molecular weight is 379 g/mol. The van der Waals surface area contributed by atoms with Gasteiger partial charge < -0.3 is 9.46 Å². The molecule has 0 aliphatic heterocycles. The average Bonchev–Trinajstić information content (AvgIpc) is 2.66. The van der Waals surface area contributed by atoms with E-state index >= 15 is 0 Å². The number of nitrogens with zero attached hydrogens (tertiary/aromatic N) is 1. The molecule has 1 N–H and O–H groups in total. The third-order valence-electron chi connectivity index (χ3n) is 4.54. The van der Waals surface area contributed by atoms with E-state index in [-0.39, 0.29) is 0 Å². The van der Waals surface area contributed by atoms with Crippen LogP contribution in [-0.4, -0.2) is 12.1 Å². The van der Waals surface area contributed by atoms with E-state index in [1.165, 1.54) is 16.7 Å². The highest BCUT2D eigenvalue weighted by Gasteiger charge is 2.12. The van der Waals surface area contributed by atoms with E-state index in [4.69, 9.17) is 4.74 Å². The molecule has 0 saturated carbocycles. The van der Waals surface area contributed by atoms with Gasteiger partial charge in [0.25, 0.3) is 0 Å². The molecule has 3 nitrogen and oxygen atoms in total. The van der Waals surface area contributed by atoms with Crippen molar-refractivity contribution in [3.05, 3.63) is 71.4 Å². The van der Waals surface area contributed by atoms with Crippen molar-refractivity contribution in [3.8, 4) is 16.9 Å². The van der Waals surface area contributed by atoms with Gasteiger partial charge in [0.05, 0.1) is 7.11 Å². The summed E-state index contributed by atoms with van der Waals surface area (Å²) in [5, 5.41) is 0. The molecule has 140 valence electrons. The van der Waals surface area contributed by atoms with Gasteiger partial charge in [-0.1, -0.05) is 32.0 Å². The van der Waals surface area contributed by atoms with Crippen LogP contribution < -0.4 is 9.46 Å². The standard InChI is InChI=1S/C23H26N2OS/c1-15(2)18-9-12-22(26-5)21(14-18)20-11-10-19(13-16(20)3)27-25-23-8-6-7-17(4)24-23/h6-15H,1-5H3,(H,24,25). The zero-order valence-corrected chi connectivity index (χ0v) is 17.4. The smallest absolute Gasteiger partial charge is 0.136 e. The van der Waals surface area contributed by atoms with Crippen molar-refractivity contribution in [2.45, 2.75) is 38.5 Å².